The predicted octanol–water partition coefficient (Wildman–Crippen LogP) is 0.764. The summed E-state index contributed by atoms with van der Waals surface area (Å²) in [5, 5.41) is 14.1. The second kappa shape index (κ2) is 7.11. The van der Waals surface area contributed by atoms with E-state index in [4.69, 9.17) is 5.11 Å². The van der Waals surface area contributed by atoms with Gasteiger partial charge in [-0.25, -0.2) is 0 Å². The van der Waals surface area contributed by atoms with Crippen LogP contribution in [0.25, 0.3) is 0 Å². The van der Waals surface area contributed by atoms with E-state index in [2.05, 4.69) is 10.6 Å². The van der Waals surface area contributed by atoms with Crippen molar-refractivity contribution in [2.75, 3.05) is 6.54 Å². The predicted molar refractivity (Wildman–Crippen MR) is 71.5 cm³/mol. The van der Waals surface area contributed by atoms with Crippen LogP contribution in [0.2, 0.25) is 0 Å². The van der Waals surface area contributed by atoms with Crippen LogP contribution in [-0.2, 0) is 14.4 Å². The van der Waals surface area contributed by atoms with E-state index in [9.17, 15) is 14.4 Å². The van der Waals surface area contributed by atoms with Gasteiger partial charge in [0.25, 0.3) is 0 Å². The van der Waals surface area contributed by atoms with Crippen LogP contribution in [0.15, 0.2) is 0 Å². The normalized spacial score (nSPS) is 14.4. The molecule has 0 aromatic carbocycles. The number of nitrogens with one attached hydrogen (secondary N) is 2. The number of amides is 2. The minimum atomic E-state index is -0.928. The van der Waals surface area contributed by atoms with E-state index in [1.165, 1.54) is 6.92 Å². The molecule has 0 aromatic rings. The highest BCUT2D eigenvalue weighted by molar-refractivity contribution is 5.86. The Morgan fingerprint density at radius 1 is 1.21 bits per heavy atom. The van der Waals surface area contributed by atoms with Gasteiger partial charge in [0.05, 0.1) is 5.92 Å². The zero-order chi connectivity index (χ0) is 15.2. The van der Waals surface area contributed by atoms with Crippen LogP contribution in [0.5, 0.6) is 0 Å². The minimum Gasteiger partial charge on any atom is -0.481 e. The van der Waals surface area contributed by atoms with Crippen molar-refractivity contribution in [2.45, 2.75) is 47.1 Å². The Bertz CT molecular complexity index is 347. The van der Waals surface area contributed by atoms with Crippen molar-refractivity contribution >= 4 is 17.8 Å². The number of carboxylic acids is 1. The molecule has 0 aliphatic rings. The lowest BCUT2D eigenvalue weighted by atomic mass is 9.84. The maximum Gasteiger partial charge on any atom is 0.308 e. The molecule has 0 fully saturated rings. The Labute approximate surface area is 113 Å². The largest absolute Gasteiger partial charge is 0.481 e. The Hall–Kier alpha value is -1.59. The number of hydrogen-bond acceptors (Lipinski definition) is 3. The monoisotopic (exact) mass is 272 g/mol. The third kappa shape index (κ3) is 8.18. The molecule has 6 heteroatoms. The number of aliphatic carboxylic acids is 1. The maximum absolute atomic E-state index is 11.7. The summed E-state index contributed by atoms with van der Waals surface area (Å²) in [4.78, 5) is 33.6. The molecule has 0 bridgehead atoms. The van der Waals surface area contributed by atoms with E-state index < -0.39 is 17.9 Å². The quantitative estimate of drug-likeness (QED) is 0.665. The highest BCUT2D eigenvalue weighted by atomic mass is 16.4. The SMILES string of the molecule is CC(=O)NC(C)C(=O)NCC(CC(C)(C)C)C(=O)O. The van der Waals surface area contributed by atoms with E-state index in [1.54, 1.807) is 6.92 Å². The van der Waals surface area contributed by atoms with Crippen LogP contribution in [-0.4, -0.2) is 35.5 Å². The summed E-state index contributed by atoms with van der Waals surface area (Å²) < 4.78 is 0. The highest BCUT2D eigenvalue weighted by Gasteiger charge is 2.25. The second-order valence-electron chi connectivity index (χ2n) is 5.97. The van der Waals surface area contributed by atoms with Gasteiger partial charge in [-0.2, -0.15) is 0 Å². The first-order valence-electron chi connectivity index (χ1n) is 6.30. The molecule has 19 heavy (non-hydrogen) atoms. The average Bonchev–Trinajstić information content (AvgIpc) is 2.20. The molecule has 0 saturated carbocycles. The van der Waals surface area contributed by atoms with Gasteiger partial charge in [-0.1, -0.05) is 20.8 Å². The zero-order valence-electron chi connectivity index (χ0n) is 12.2. The van der Waals surface area contributed by atoms with Crippen molar-refractivity contribution < 1.29 is 19.5 Å². The van der Waals surface area contributed by atoms with Gasteiger partial charge in [-0.3, -0.25) is 14.4 Å². The Morgan fingerprint density at radius 2 is 1.74 bits per heavy atom. The summed E-state index contributed by atoms with van der Waals surface area (Å²) in [6.45, 7) is 8.79. The molecule has 2 unspecified atom stereocenters. The van der Waals surface area contributed by atoms with Gasteiger partial charge in [0, 0.05) is 13.5 Å². The van der Waals surface area contributed by atoms with Crippen molar-refractivity contribution in [1.82, 2.24) is 10.6 Å². The van der Waals surface area contributed by atoms with Crippen molar-refractivity contribution in [1.29, 1.82) is 0 Å². The number of hydrogen-bond donors (Lipinski definition) is 3. The van der Waals surface area contributed by atoms with E-state index in [0.29, 0.717) is 6.42 Å². The number of carbonyl (C=O) groups excluding carboxylic acids is 2. The lowest BCUT2D eigenvalue weighted by molar-refractivity contribution is -0.143. The first-order chi connectivity index (χ1) is 8.53. The van der Waals surface area contributed by atoms with Gasteiger partial charge in [0.1, 0.15) is 6.04 Å². The molecule has 0 radical (unpaired) electrons. The van der Waals surface area contributed by atoms with Crippen LogP contribution >= 0.6 is 0 Å². The second-order valence-corrected chi connectivity index (χ2v) is 5.97. The van der Waals surface area contributed by atoms with Gasteiger partial charge in [0.2, 0.25) is 11.8 Å². The van der Waals surface area contributed by atoms with E-state index in [0.717, 1.165) is 0 Å². The molecule has 2 amide bonds. The fourth-order valence-corrected chi connectivity index (χ4v) is 1.73. The molecule has 0 rings (SSSR count). The topological polar surface area (TPSA) is 95.5 Å². The number of rotatable bonds is 6. The molecule has 2 atom stereocenters. The summed E-state index contributed by atoms with van der Waals surface area (Å²) in [5.74, 6) is -2.24. The minimum absolute atomic E-state index is 0.0648. The van der Waals surface area contributed by atoms with Gasteiger partial charge < -0.3 is 15.7 Å². The smallest absolute Gasteiger partial charge is 0.308 e. The van der Waals surface area contributed by atoms with Crippen LogP contribution in [0.1, 0.15) is 41.0 Å². The van der Waals surface area contributed by atoms with Crippen molar-refractivity contribution in [3.05, 3.63) is 0 Å². The summed E-state index contributed by atoms with van der Waals surface area (Å²) >= 11 is 0. The molecule has 0 aromatic heterocycles. The summed E-state index contributed by atoms with van der Waals surface area (Å²) in [5.41, 5.74) is -0.128. The fourth-order valence-electron chi connectivity index (χ4n) is 1.73. The fraction of sp³-hybridized carbons (Fsp3) is 0.769. The standard InChI is InChI=1S/C13H24N2O4/c1-8(15-9(2)16)11(17)14-7-10(12(18)19)6-13(3,4)5/h8,10H,6-7H2,1-5H3,(H,14,17)(H,15,16)(H,18,19). The molecule has 0 heterocycles. The van der Waals surface area contributed by atoms with Gasteiger partial charge >= 0.3 is 5.97 Å². The van der Waals surface area contributed by atoms with E-state index in [1.807, 2.05) is 20.8 Å². The third-order valence-electron chi connectivity index (χ3n) is 2.54. The van der Waals surface area contributed by atoms with Crippen LogP contribution in [0.3, 0.4) is 0 Å². The highest BCUT2D eigenvalue weighted by Crippen LogP contribution is 2.24. The lowest BCUT2D eigenvalue weighted by Crippen LogP contribution is -2.46. The molecule has 0 spiro atoms. The molecule has 110 valence electrons. The molecule has 0 saturated heterocycles. The first kappa shape index (κ1) is 17.4. The molecule has 0 aliphatic heterocycles. The third-order valence-corrected chi connectivity index (χ3v) is 2.54. The molecule has 6 nitrogen and oxygen atoms in total. The van der Waals surface area contributed by atoms with Gasteiger partial charge in [0.15, 0.2) is 0 Å². The lowest BCUT2D eigenvalue weighted by Gasteiger charge is -2.24. The molecule has 3 N–H and O–H groups in total. The molecular weight excluding hydrogens is 248 g/mol. The van der Waals surface area contributed by atoms with Gasteiger partial charge in [-0.05, 0) is 18.8 Å². The van der Waals surface area contributed by atoms with Crippen molar-refractivity contribution in [3.8, 4) is 0 Å². The number of carbonyl (C=O) groups is 3. The Balaban J connectivity index is 4.37. The first-order valence-corrected chi connectivity index (χ1v) is 6.30. The Kier molecular flexibility index (Phi) is 6.52. The summed E-state index contributed by atoms with van der Waals surface area (Å²) in [7, 11) is 0. The summed E-state index contributed by atoms with van der Waals surface area (Å²) in [6.07, 6.45) is 0.469. The number of carboxylic acid groups (broad SMARTS) is 1. The summed E-state index contributed by atoms with van der Waals surface area (Å²) in [6, 6.07) is -0.665. The van der Waals surface area contributed by atoms with E-state index in [-0.39, 0.29) is 23.8 Å². The van der Waals surface area contributed by atoms with Crippen molar-refractivity contribution in [2.24, 2.45) is 11.3 Å². The van der Waals surface area contributed by atoms with Crippen molar-refractivity contribution in [3.63, 3.8) is 0 Å². The average molecular weight is 272 g/mol. The van der Waals surface area contributed by atoms with E-state index >= 15 is 0 Å². The van der Waals surface area contributed by atoms with Crippen LogP contribution < -0.4 is 10.6 Å². The van der Waals surface area contributed by atoms with Gasteiger partial charge in [-0.15, -0.1) is 0 Å². The zero-order valence-corrected chi connectivity index (χ0v) is 12.2. The Morgan fingerprint density at radius 3 is 2.11 bits per heavy atom. The molecule has 0 aliphatic carbocycles. The molecular formula is C13H24N2O4. The van der Waals surface area contributed by atoms with Crippen LogP contribution in [0, 0.1) is 11.3 Å². The van der Waals surface area contributed by atoms with Crippen LogP contribution in [0.4, 0.5) is 0 Å². The maximum atomic E-state index is 11.7.